The number of benzene rings is 1. The topological polar surface area (TPSA) is 12.0 Å². The second-order valence-corrected chi connectivity index (χ2v) is 5.95. The Morgan fingerprint density at radius 3 is 2.56 bits per heavy atom. The molecule has 1 rings (SSSR count). The lowest BCUT2D eigenvalue weighted by atomic mass is 10.0. The van der Waals surface area contributed by atoms with E-state index in [0.29, 0.717) is 6.04 Å². The smallest absolute Gasteiger partial charge is 0.0208 e. The maximum absolute atomic E-state index is 3.70. The summed E-state index contributed by atoms with van der Waals surface area (Å²) < 4.78 is 1.21. The van der Waals surface area contributed by atoms with Gasteiger partial charge in [0.1, 0.15) is 0 Å². The largest absolute Gasteiger partial charge is 0.310 e. The molecule has 0 spiro atoms. The summed E-state index contributed by atoms with van der Waals surface area (Å²) in [5, 5.41) is 3.70. The summed E-state index contributed by atoms with van der Waals surface area (Å²) in [5.74, 6) is 0. The van der Waals surface area contributed by atoms with Crippen LogP contribution in [0.25, 0.3) is 0 Å². The van der Waals surface area contributed by atoms with Gasteiger partial charge in [0.2, 0.25) is 0 Å². The van der Waals surface area contributed by atoms with Crippen LogP contribution in [0.4, 0.5) is 0 Å². The molecule has 0 heterocycles. The van der Waals surface area contributed by atoms with E-state index in [1.165, 1.54) is 47.7 Å². The number of hydrogen-bond donors (Lipinski definition) is 1. The third-order valence-electron chi connectivity index (χ3n) is 3.37. The summed E-state index contributed by atoms with van der Waals surface area (Å²) in [6, 6.07) is 7.30. The number of nitrogens with one attached hydrogen (secondary N) is 1. The molecule has 102 valence electrons. The Hall–Kier alpha value is -0.340. The molecule has 0 fully saturated rings. The Labute approximate surface area is 120 Å². The molecule has 18 heavy (non-hydrogen) atoms. The zero-order chi connectivity index (χ0) is 13.4. The molecule has 0 amide bonds. The predicted molar refractivity (Wildman–Crippen MR) is 83.9 cm³/mol. The van der Waals surface area contributed by atoms with Gasteiger partial charge in [-0.05, 0) is 37.0 Å². The number of unbranched alkanes of at least 4 members (excludes halogenated alkanes) is 1. The van der Waals surface area contributed by atoms with Crippen molar-refractivity contribution in [2.24, 2.45) is 0 Å². The molecule has 1 N–H and O–H groups in total. The standard InChI is InChI=1S/C16H26BrN/c1-4-6-8-15(7-5-2)18-12-14-10-9-13(3)16(17)11-14/h9-11,15,18H,4-8,12H2,1-3H3. The van der Waals surface area contributed by atoms with E-state index < -0.39 is 0 Å². The Morgan fingerprint density at radius 2 is 1.94 bits per heavy atom. The number of hydrogen-bond acceptors (Lipinski definition) is 1. The van der Waals surface area contributed by atoms with Crippen molar-refractivity contribution in [1.29, 1.82) is 0 Å². The van der Waals surface area contributed by atoms with Gasteiger partial charge in [-0.1, -0.05) is 61.2 Å². The van der Waals surface area contributed by atoms with E-state index in [2.05, 4.69) is 60.2 Å². The third kappa shape index (κ3) is 5.53. The van der Waals surface area contributed by atoms with Gasteiger partial charge in [0.05, 0.1) is 0 Å². The monoisotopic (exact) mass is 311 g/mol. The summed E-state index contributed by atoms with van der Waals surface area (Å²) in [7, 11) is 0. The SMILES string of the molecule is CCCCC(CCC)NCc1ccc(C)c(Br)c1. The molecule has 2 heteroatoms. The maximum Gasteiger partial charge on any atom is 0.0208 e. The van der Waals surface area contributed by atoms with Crippen LogP contribution in [0.5, 0.6) is 0 Å². The minimum Gasteiger partial charge on any atom is -0.310 e. The van der Waals surface area contributed by atoms with Crippen LogP contribution in [0, 0.1) is 6.92 Å². The third-order valence-corrected chi connectivity index (χ3v) is 4.23. The zero-order valence-corrected chi connectivity index (χ0v) is 13.5. The Morgan fingerprint density at radius 1 is 1.17 bits per heavy atom. The molecule has 1 unspecified atom stereocenters. The predicted octanol–water partition coefficient (Wildman–Crippen LogP) is 5.21. The van der Waals surface area contributed by atoms with Crippen LogP contribution in [0.1, 0.15) is 57.1 Å². The first-order valence-corrected chi connectivity index (χ1v) is 7.95. The number of rotatable bonds is 8. The average molecular weight is 312 g/mol. The molecule has 0 saturated carbocycles. The summed E-state index contributed by atoms with van der Waals surface area (Å²) in [6.45, 7) is 7.64. The van der Waals surface area contributed by atoms with Crippen molar-refractivity contribution in [2.75, 3.05) is 0 Å². The first-order valence-electron chi connectivity index (χ1n) is 7.15. The van der Waals surface area contributed by atoms with E-state index in [9.17, 15) is 0 Å². The molecule has 0 aliphatic rings. The lowest BCUT2D eigenvalue weighted by Crippen LogP contribution is -2.28. The highest BCUT2D eigenvalue weighted by atomic mass is 79.9. The average Bonchev–Trinajstić information content (AvgIpc) is 2.37. The molecule has 0 radical (unpaired) electrons. The molecule has 1 atom stereocenters. The highest BCUT2D eigenvalue weighted by Crippen LogP contribution is 2.18. The Balaban J connectivity index is 2.47. The van der Waals surface area contributed by atoms with E-state index in [-0.39, 0.29) is 0 Å². The second kappa shape index (κ2) is 8.71. The van der Waals surface area contributed by atoms with Crippen molar-refractivity contribution in [3.05, 3.63) is 33.8 Å². The molecule has 0 aromatic heterocycles. The van der Waals surface area contributed by atoms with Gasteiger partial charge in [0.25, 0.3) is 0 Å². The van der Waals surface area contributed by atoms with Crippen LogP contribution >= 0.6 is 15.9 Å². The highest BCUT2D eigenvalue weighted by Gasteiger charge is 2.06. The summed E-state index contributed by atoms with van der Waals surface area (Å²) in [4.78, 5) is 0. The van der Waals surface area contributed by atoms with Gasteiger partial charge < -0.3 is 5.32 Å². The quantitative estimate of drug-likeness (QED) is 0.695. The molecular weight excluding hydrogens is 286 g/mol. The normalized spacial score (nSPS) is 12.7. The van der Waals surface area contributed by atoms with Crippen molar-refractivity contribution in [3.63, 3.8) is 0 Å². The molecule has 1 nitrogen and oxygen atoms in total. The molecular formula is C16H26BrN. The van der Waals surface area contributed by atoms with Crippen LogP contribution in [-0.4, -0.2) is 6.04 Å². The van der Waals surface area contributed by atoms with Crippen LogP contribution in [-0.2, 0) is 6.54 Å². The summed E-state index contributed by atoms with van der Waals surface area (Å²) in [6.07, 6.45) is 6.47. The maximum atomic E-state index is 3.70. The minimum absolute atomic E-state index is 0.676. The van der Waals surface area contributed by atoms with Gasteiger partial charge in [-0.2, -0.15) is 0 Å². The molecule has 0 aliphatic heterocycles. The van der Waals surface area contributed by atoms with Gasteiger partial charge in [0.15, 0.2) is 0 Å². The second-order valence-electron chi connectivity index (χ2n) is 5.09. The van der Waals surface area contributed by atoms with Gasteiger partial charge in [-0.15, -0.1) is 0 Å². The molecule has 0 saturated heterocycles. The summed E-state index contributed by atoms with van der Waals surface area (Å²) >= 11 is 3.60. The first kappa shape index (κ1) is 15.7. The minimum atomic E-state index is 0.676. The van der Waals surface area contributed by atoms with Crippen molar-refractivity contribution in [1.82, 2.24) is 5.32 Å². The number of halogens is 1. The summed E-state index contributed by atoms with van der Waals surface area (Å²) in [5.41, 5.74) is 2.67. The van der Waals surface area contributed by atoms with E-state index in [1.54, 1.807) is 0 Å². The lowest BCUT2D eigenvalue weighted by molar-refractivity contribution is 0.434. The molecule has 1 aromatic rings. The van der Waals surface area contributed by atoms with E-state index in [1.807, 2.05) is 0 Å². The lowest BCUT2D eigenvalue weighted by Gasteiger charge is -2.18. The fraction of sp³-hybridized carbons (Fsp3) is 0.625. The van der Waals surface area contributed by atoms with Crippen LogP contribution in [0.2, 0.25) is 0 Å². The molecule has 0 aliphatic carbocycles. The molecule has 0 bridgehead atoms. The fourth-order valence-corrected chi connectivity index (χ4v) is 2.58. The van der Waals surface area contributed by atoms with E-state index >= 15 is 0 Å². The Kier molecular flexibility index (Phi) is 7.60. The fourth-order valence-electron chi connectivity index (χ4n) is 2.16. The van der Waals surface area contributed by atoms with Gasteiger partial charge >= 0.3 is 0 Å². The van der Waals surface area contributed by atoms with Crippen LogP contribution < -0.4 is 5.32 Å². The van der Waals surface area contributed by atoms with Gasteiger partial charge in [0, 0.05) is 17.1 Å². The van der Waals surface area contributed by atoms with Gasteiger partial charge in [-0.3, -0.25) is 0 Å². The highest BCUT2D eigenvalue weighted by molar-refractivity contribution is 9.10. The van der Waals surface area contributed by atoms with Gasteiger partial charge in [-0.25, -0.2) is 0 Å². The van der Waals surface area contributed by atoms with Crippen molar-refractivity contribution >= 4 is 15.9 Å². The van der Waals surface area contributed by atoms with E-state index in [4.69, 9.17) is 0 Å². The number of aryl methyl sites for hydroxylation is 1. The zero-order valence-electron chi connectivity index (χ0n) is 11.9. The van der Waals surface area contributed by atoms with Crippen LogP contribution in [0.15, 0.2) is 22.7 Å². The van der Waals surface area contributed by atoms with Crippen molar-refractivity contribution in [2.45, 2.75) is 65.5 Å². The molecule has 1 aromatic carbocycles. The van der Waals surface area contributed by atoms with Crippen molar-refractivity contribution < 1.29 is 0 Å². The van der Waals surface area contributed by atoms with Crippen molar-refractivity contribution in [3.8, 4) is 0 Å². The first-order chi connectivity index (χ1) is 8.67. The van der Waals surface area contributed by atoms with E-state index in [0.717, 1.165) is 6.54 Å². The Bertz CT molecular complexity index is 349. The van der Waals surface area contributed by atoms with Crippen LogP contribution in [0.3, 0.4) is 0 Å².